The lowest BCUT2D eigenvalue weighted by Gasteiger charge is -2.42. The molecular formula is C30H33ClF4N6O2. The number of likely N-dealkylation sites (tertiary alicyclic amines) is 1. The summed E-state index contributed by atoms with van der Waals surface area (Å²) in [5.41, 5.74) is 1.15. The molecule has 0 spiro atoms. The van der Waals surface area contributed by atoms with Gasteiger partial charge in [0.05, 0.1) is 34.2 Å². The van der Waals surface area contributed by atoms with Gasteiger partial charge in [-0.25, -0.2) is 9.37 Å². The zero-order valence-corrected chi connectivity index (χ0v) is 24.8. The number of nitriles is 1. The van der Waals surface area contributed by atoms with Crippen LogP contribution in [0.3, 0.4) is 0 Å². The van der Waals surface area contributed by atoms with Gasteiger partial charge in [-0.2, -0.15) is 18.4 Å². The minimum Gasteiger partial charge on any atom is -0.475 e. The summed E-state index contributed by atoms with van der Waals surface area (Å²) in [6.07, 6.45) is -2.37. The summed E-state index contributed by atoms with van der Waals surface area (Å²) in [6, 6.07) is 6.13. The average molecular weight is 621 g/mol. The molecule has 0 bridgehead atoms. The summed E-state index contributed by atoms with van der Waals surface area (Å²) in [5, 5.41) is 9.97. The van der Waals surface area contributed by atoms with E-state index in [9.17, 15) is 27.6 Å². The van der Waals surface area contributed by atoms with Gasteiger partial charge in [0.2, 0.25) is 5.88 Å². The first kappa shape index (κ1) is 30.9. The molecule has 13 heteroatoms. The van der Waals surface area contributed by atoms with Gasteiger partial charge in [-0.1, -0.05) is 24.2 Å². The van der Waals surface area contributed by atoms with Crippen molar-refractivity contribution in [3.8, 4) is 11.9 Å². The molecular weight excluding hydrogens is 588 g/mol. The zero-order valence-electron chi connectivity index (χ0n) is 24.1. The fourth-order valence-electron chi connectivity index (χ4n) is 6.33. The number of carbonyl (C=O) groups excluding carboxylic acids is 1. The van der Waals surface area contributed by atoms with Crippen LogP contribution in [0.15, 0.2) is 30.6 Å². The van der Waals surface area contributed by atoms with Crippen molar-refractivity contribution in [2.75, 3.05) is 56.2 Å². The fraction of sp³-hybridized carbons (Fsp3) is 0.500. The van der Waals surface area contributed by atoms with E-state index in [1.807, 2.05) is 11.9 Å². The van der Waals surface area contributed by atoms with E-state index in [4.69, 9.17) is 21.3 Å². The minimum atomic E-state index is -4.66. The maximum absolute atomic E-state index is 14.0. The Kier molecular flexibility index (Phi) is 8.77. The number of nitrogens with zero attached hydrogens (tertiary/aromatic N) is 6. The number of pyridine rings is 1. The first-order valence-corrected chi connectivity index (χ1v) is 14.6. The number of hydrogen-bond donors (Lipinski definition) is 0. The van der Waals surface area contributed by atoms with Crippen LogP contribution in [-0.2, 0) is 23.9 Å². The first-order chi connectivity index (χ1) is 20.4. The summed E-state index contributed by atoms with van der Waals surface area (Å²) >= 11 is 6.02. The van der Waals surface area contributed by atoms with Crippen LogP contribution in [0, 0.1) is 11.3 Å². The number of ether oxygens (including phenoxy) is 1. The molecule has 3 aliphatic rings. The van der Waals surface area contributed by atoms with Crippen LogP contribution in [-0.4, -0.2) is 79.2 Å². The molecule has 230 valence electrons. The van der Waals surface area contributed by atoms with Crippen LogP contribution in [0.1, 0.15) is 42.1 Å². The molecule has 2 unspecified atom stereocenters. The summed E-state index contributed by atoms with van der Waals surface area (Å²) < 4.78 is 62.0. The molecule has 2 saturated heterocycles. The van der Waals surface area contributed by atoms with Gasteiger partial charge in [0.25, 0.3) is 5.91 Å². The molecule has 0 radical (unpaired) electrons. The number of benzene rings is 1. The number of piperazine rings is 1. The lowest BCUT2D eigenvalue weighted by Crippen LogP contribution is -2.54. The van der Waals surface area contributed by atoms with E-state index >= 15 is 0 Å². The Morgan fingerprint density at radius 1 is 1.23 bits per heavy atom. The molecule has 0 saturated carbocycles. The summed E-state index contributed by atoms with van der Waals surface area (Å²) in [4.78, 5) is 24.2. The van der Waals surface area contributed by atoms with Crippen molar-refractivity contribution < 1.29 is 27.1 Å². The SMILES string of the molecule is C=C(F)C(=O)N1CCN(c2c(C#N)c(OCC3CCCN3C)nc3c2CCN(c2cccc(Cl)c2C(F)(F)F)C3)CC1C. The van der Waals surface area contributed by atoms with Gasteiger partial charge in [0.15, 0.2) is 5.83 Å². The van der Waals surface area contributed by atoms with E-state index in [1.54, 1.807) is 11.8 Å². The average Bonchev–Trinajstić information content (AvgIpc) is 3.37. The Bertz CT molecular complexity index is 1460. The van der Waals surface area contributed by atoms with E-state index in [0.29, 0.717) is 37.5 Å². The normalized spacial score (nSPS) is 21.0. The topological polar surface area (TPSA) is 75.9 Å². The zero-order chi connectivity index (χ0) is 31.1. The molecule has 4 heterocycles. The third-order valence-electron chi connectivity index (χ3n) is 8.54. The Morgan fingerprint density at radius 3 is 2.63 bits per heavy atom. The van der Waals surface area contributed by atoms with E-state index in [1.165, 1.54) is 23.1 Å². The van der Waals surface area contributed by atoms with E-state index < -0.39 is 23.5 Å². The van der Waals surface area contributed by atoms with Crippen LogP contribution in [0.4, 0.5) is 28.9 Å². The molecule has 0 N–H and O–H groups in total. The third-order valence-corrected chi connectivity index (χ3v) is 8.86. The lowest BCUT2D eigenvalue weighted by atomic mass is 9.96. The second-order valence-corrected chi connectivity index (χ2v) is 11.7. The second-order valence-electron chi connectivity index (χ2n) is 11.3. The maximum Gasteiger partial charge on any atom is 0.419 e. The number of likely N-dealkylation sites (N-methyl/N-ethyl adjacent to an activating group) is 1. The number of anilines is 2. The molecule has 5 rings (SSSR count). The molecule has 43 heavy (non-hydrogen) atoms. The van der Waals surface area contributed by atoms with Gasteiger partial charge in [0, 0.05) is 43.8 Å². The van der Waals surface area contributed by atoms with Crippen molar-refractivity contribution in [3.63, 3.8) is 0 Å². The Balaban J connectivity index is 1.54. The number of amides is 1. The molecule has 2 aromatic rings. The van der Waals surface area contributed by atoms with Crippen molar-refractivity contribution in [1.82, 2.24) is 14.8 Å². The van der Waals surface area contributed by atoms with Gasteiger partial charge in [-0.05, 0) is 51.9 Å². The van der Waals surface area contributed by atoms with Crippen molar-refractivity contribution in [1.29, 1.82) is 5.26 Å². The number of rotatable bonds is 6. The molecule has 0 aliphatic carbocycles. The quantitative estimate of drug-likeness (QED) is 0.325. The van der Waals surface area contributed by atoms with Gasteiger partial charge >= 0.3 is 6.18 Å². The molecule has 3 aliphatic heterocycles. The van der Waals surface area contributed by atoms with Crippen LogP contribution in [0.2, 0.25) is 5.02 Å². The van der Waals surface area contributed by atoms with Crippen molar-refractivity contribution in [2.45, 2.75) is 51.0 Å². The smallest absolute Gasteiger partial charge is 0.419 e. The van der Waals surface area contributed by atoms with Gasteiger partial charge < -0.3 is 24.3 Å². The molecule has 8 nitrogen and oxygen atoms in total. The number of fused-ring (bicyclic) bond motifs is 1. The van der Waals surface area contributed by atoms with Crippen LogP contribution in [0.5, 0.6) is 5.88 Å². The van der Waals surface area contributed by atoms with E-state index in [-0.39, 0.29) is 53.9 Å². The molecule has 2 atom stereocenters. The standard InChI is InChI=1S/C30H33ClF4N6O2/c1-18-15-40(12-13-41(18)29(42)19(2)32)27-21-9-11-39(25-8-4-7-23(31)26(25)30(33,34)35)16-24(21)37-28(22(27)14-36)43-17-20-6-5-10-38(20)3/h4,7-8,18,20H,2,5-6,9-13,15-17H2,1,3H3. The highest BCUT2D eigenvalue weighted by Crippen LogP contribution is 2.44. The van der Waals surface area contributed by atoms with Gasteiger partial charge in [-0.15, -0.1) is 0 Å². The highest BCUT2D eigenvalue weighted by Gasteiger charge is 2.39. The number of alkyl halides is 3. The molecule has 1 amide bonds. The van der Waals surface area contributed by atoms with Crippen molar-refractivity contribution in [3.05, 3.63) is 58.0 Å². The predicted octanol–water partition coefficient (Wildman–Crippen LogP) is 5.18. The van der Waals surface area contributed by atoms with Crippen LogP contribution >= 0.6 is 11.6 Å². The summed E-state index contributed by atoms with van der Waals surface area (Å²) in [6.45, 7) is 7.28. The van der Waals surface area contributed by atoms with Gasteiger partial charge in [0.1, 0.15) is 18.2 Å². The van der Waals surface area contributed by atoms with Crippen molar-refractivity contribution in [2.24, 2.45) is 0 Å². The first-order valence-electron chi connectivity index (χ1n) is 14.2. The Labute approximate surface area is 253 Å². The summed E-state index contributed by atoms with van der Waals surface area (Å²) in [7, 11) is 2.01. The fourth-order valence-corrected chi connectivity index (χ4v) is 6.61. The Hall–Kier alpha value is -3.56. The monoisotopic (exact) mass is 620 g/mol. The Morgan fingerprint density at radius 2 is 2.00 bits per heavy atom. The molecule has 1 aromatic carbocycles. The second kappa shape index (κ2) is 12.2. The maximum atomic E-state index is 14.0. The number of halogens is 5. The number of hydrogen-bond acceptors (Lipinski definition) is 7. The minimum absolute atomic E-state index is 0.0411. The van der Waals surface area contributed by atoms with Crippen molar-refractivity contribution >= 4 is 28.9 Å². The van der Waals surface area contributed by atoms with Gasteiger partial charge in [-0.3, -0.25) is 4.79 Å². The number of aromatic nitrogens is 1. The van der Waals surface area contributed by atoms with Crippen LogP contribution in [0.25, 0.3) is 0 Å². The van der Waals surface area contributed by atoms with E-state index in [2.05, 4.69) is 17.5 Å². The lowest BCUT2D eigenvalue weighted by molar-refractivity contribution is -0.137. The van der Waals surface area contributed by atoms with E-state index in [0.717, 1.165) is 24.9 Å². The largest absolute Gasteiger partial charge is 0.475 e. The highest BCUT2D eigenvalue weighted by molar-refractivity contribution is 6.31. The third kappa shape index (κ3) is 6.10. The number of carbonyl (C=O) groups is 1. The molecule has 1 aromatic heterocycles. The highest BCUT2D eigenvalue weighted by atomic mass is 35.5. The predicted molar refractivity (Wildman–Crippen MR) is 155 cm³/mol. The molecule has 2 fully saturated rings. The summed E-state index contributed by atoms with van der Waals surface area (Å²) in [5.74, 6) is -1.68. The van der Waals surface area contributed by atoms with Crippen LogP contribution < -0.4 is 14.5 Å².